The monoisotopic (exact) mass is 196 g/mol. The molecule has 0 spiro atoms. The predicted octanol–water partition coefficient (Wildman–Crippen LogP) is 1.84. The van der Waals surface area contributed by atoms with Gasteiger partial charge in [-0.15, -0.1) is 0 Å². The zero-order valence-corrected chi connectivity index (χ0v) is 9.58. The van der Waals surface area contributed by atoms with E-state index < -0.39 is 0 Å². The average molecular weight is 196 g/mol. The van der Waals surface area contributed by atoms with Crippen molar-refractivity contribution in [3.05, 3.63) is 0 Å². The van der Waals surface area contributed by atoms with Gasteiger partial charge in [-0.1, -0.05) is 13.8 Å². The van der Waals surface area contributed by atoms with E-state index in [0.717, 1.165) is 24.4 Å². The van der Waals surface area contributed by atoms with E-state index in [4.69, 9.17) is 5.73 Å². The molecule has 0 radical (unpaired) electrons. The highest BCUT2D eigenvalue weighted by Crippen LogP contribution is 2.33. The fraction of sp³-hybridized carbons (Fsp3) is 1.00. The van der Waals surface area contributed by atoms with Crippen molar-refractivity contribution in [1.29, 1.82) is 0 Å². The molecule has 0 aromatic heterocycles. The predicted molar refractivity (Wildman–Crippen MR) is 60.1 cm³/mol. The van der Waals surface area contributed by atoms with Crippen molar-refractivity contribution in [3.8, 4) is 0 Å². The lowest BCUT2D eigenvalue weighted by atomic mass is 9.78. The van der Waals surface area contributed by atoms with E-state index in [1.807, 2.05) is 0 Å². The zero-order chi connectivity index (χ0) is 10.1. The summed E-state index contributed by atoms with van der Waals surface area (Å²) in [5.41, 5.74) is 5.95. The van der Waals surface area contributed by atoms with Crippen LogP contribution in [0.4, 0.5) is 0 Å². The van der Waals surface area contributed by atoms with Gasteiger partial charge in [0, 0.05) is 25.2 Å². The van der Waals surface area contributed by atoms with Crippen molar-refractivity contribution < 1.29 is 0 Å². The molecular weight excluding hydrogens is 172 g/mol. The van der Waals surface area contributed by atoms with Crippen molar-refractivity contribution in [3.63, 3.8) is 0 Å². The van der Waals surface area contributed by atoms with Crippen molar-refractivity contribution in [2.24, 2.45) is 17.6 Å². The molecule has 0 aromatic carbocycles. The molecule has 14 heavy (non-hydrogen) atoms. The number of nitrogens with two attached hydrogens (primary N) is 1. The van der Waals surface area contributed by atoms with E-state index in [9.17, 15) is 0 Å². The van der Waals surface area contributed by atoms with Crippen LogP contribution < -0.4 is 5.73 Å². The van der Waals surface area contributed by atoms with Gasteiger partial charge in [0.1, 0.15) is 0 Å². The Kier molecular flexibility index (Phi) is 3.13. The number of hydrogen-bond donors (Lipinski definition) is 1. The molecule has 1 heterocycles. The first kappa shape index (κ1) is 10.4. The lowest BCUT2D eigenvalue weighted by Gasteiger charge is -2.37. The summed E-state index contributed by atoms with van der Waals surface area (Å²) >= 11 is 0. The van der Waals surface area contributed by atoms with Gasteiger partial charge in [-0.25, -0.2) is 0 Å². The maximum absolute atomic E-state index is 5.95. The quantitative estimate of drug-likeness (QED) is 0.693. The van der Waals surface area contributed by atoms with E-state index in [1.165, 1.54) is 32.2 Å². The standard InChI is InChI=1S/C12H24N2/c1-9-3-4-12(7-10(9)2)14-6-5-11(13)8-14/h9-12H,3-8,13H2,1-2H3/t9?,10?,11-,12?/m1/s1. The Hall–Kier alpha value is -0.0800. The Morgan fingerprint density at radius 2 is 1.86 bits per heavy atom. The highest BCUT2D eigenvalue weighted by Gasteiger charge is 2.31. The molecule has 3 unspecified atom stereocenters. The minimum absolute atomic E-state index is 0.449. The van der Waals surface area contributed by atoms with E-state index in [2.05, 4.69) is 18.7 Å². The largest absolute Gasteiger partial charge is 0.326 e. The Bertz CT molecular complexity index is 193. The van der Waals surface area contributed by atoms with Gasteiger partial charge in [0.05, 0.1) is 0 Å². The summed E-state index contributed by atoms with van der Waals surface area (Å²) in [4.78, 5) is 2.63. The molecule has 1 saturated heterocycles. The fourth-order valence-electron chi connectivity index (χ4n) is 3.00. The molecule has 0 amide bonds. The van der Waals surface area contributed by atoms with E-state index in [0.29, 0.717) is 6.04 Å². The number of rotatable bonds is 1. The van der Waals surface area contributed by atoms with Crippen LogP contribution in [0.15, 0.2) is 0 Å². The van der Waals surface area contributed by atoms with Gasteiger partial charge in [-0.2, -0.15) is 0 Å². The van der Waals surface area contributed by atoms with E-state index in [-0.39, 0.29) is 0 Å². The third-order valence-corrected chi connectivity index (χ3v) is 4.34. The van der Waals surface area contributed by atoms with Gasteiger partial charge in [0.2, 0.25) is 0 Å². The van der Waals surface area contributed by atoms with Crippen LogP contribution in [-0.4, -0.2) is 30.1 Å². The van der Waals surface area contributed by atoms with Gasteiger partial charge < -0.3 is 5.73 Å². The maximum atomic E-state index is 5.95. The maximum Gasteiger partial charge on any atom is 0.0180 e. The van der Waals surface area contributed by atoms with E-state index >= 15 is 0 Å². The molecule has 2 nitrogen and oxygen atoms in total. The summed E-state index contributed by atoms with van der Waals surface area (Å²) in [6.07, 6.45) is 5.42. The third-order valence-electron chi connectivity index (χ3n) is 4.34. The van der Waals surface area contributed by atoms with E-state index in [1.54, 1.807) is 0 Å². The van der Waals surface area contributed by atoms with Crippen LogP contribution in [0, 0.1) is 11.8 Å². The topological polar surface area (TPSA) is 29.3 Å². The van der Waals surface area contributed by atoms with Crippen LogP contribution in [0.5, 0.6) is 0 Å². The van der Waals surface area contributed by atoms with Crippen molar-refractivity contribution in [2.75, 3.05) is 13.1 Å². The summed E-state index contributed by atoms with van der Waals surface area (Å²) in [6.45, 7) is 7.20. The molecule has 2 heteroatoms. The molecule has 1 saturated carbocycles. The van der Waals surface area contributed by atoms with Crippen molar-refractivity contribution >= 4 is 0 Å². The molecule has 0 aromatic rings. The molecule has 2 N–H and O–H groups in total. The fourth-order valence-corrected chi connectivity index (χ4v) is 3.00. The van der Waals surface area contributed by atoms with Gasteiger partial charge in [0.25, 0.3) is 0 Å². The zero-order valence-electron chi connectivity index (χ0n) is 9.58. The summed E-state index contributed by atoms with van der Waals surface area (Å²) < 4.78 is 0. The normalized spacial score (nSPS) is 45.6. The number of hydrogen-bond acceptors (Lipinski definition) is 2. The summed E-state index contributed by atoms with van der Waals surface area (Å²) in [6, 6.07) is 1.29. The minimum Gasteiger partial charge on any atom is -0.326 e. The number of likely N-dealkylation sites (tertiary alicyclic amines) is 1. The first-order chi connectivity index (χ1) is 6.66. The lowest BCUT2D eigenvalue weighted by Crippen LogP contribution is -2.40. The van der Waals surface area contributed by atoms with Crippen molar-refractivity contribution in [1.82, 2.24) is 4.90 Å². The smallest absolute Gasteiger partial charge is 0.0180 e. The summed E-state index contributed by atoms with van der Waals surface area (Å²) in [5.74, 6) is 1.84. The highest BCUT2D eigenvalue weighted by atomic mass is 15.2. The van der Waals surface area contributed by atoms with Crippen LogP contribution in [0.25, 0.3) is 0 Å². The average Bonchev–Trinajstić information content (AvgIpc) is 2.57. The lowest BCUT2D eigenvalue weighted by molar-refractivity contribution is 0.129. The van der Waals surface area contributed by atoms with Crippen LogP contribution >= 0.6 is 0 Å². The van der Waals surface area contributed by atoms with Crippen LogP contribution in [0.2, 0.25) is 0 Å². The summed E-state index contributed by atoms with van der Waals surface area (Å²) in [7, 11) is 0. The molecule has 2 fully saturated rings. The molecular formula is C12H24N2. The van der Waals surface area contributed by atoms with Gasteiger partial charge in [0.15, 0.2) is 0 Å². The second kappa shape index (κ2) is 4.19. The number of nitrogens with zero attached hydrogens (tertiary/aromatic N) is 1. The minimum atomic E-state index is 0.449. The molecule has 0 bridgehead atoms. The SMILES string of the molecule is CC1CCC(N2CC[C@@H](N)C2)CC1C. The molecule has 1 aliphatic heterocycles. The van der Waals surface area contributed by atoms with Crippen LogP contribution in [0.3, 0.4) is 0 Å². The Morgan fingerprint density at radius 3 is 2.43 bits per heavy atom. The molecule has 82 valence electrons. The van der Waals surface area contributed by atoms with Crippen molar-refractivity contribution in [2.45, 2.75) is 51.6 Å². The van der Waals surface area contributed by atoms with Crippen LogP contribution in [-0.2, 0) is 0 Å². The summed E-state index contributed by atoms with van der Waals surface area (Å²) in [5, 5.41) is 0. The first-order valence-corrected chi connectivity index (χ1v) is 6.16. The second-order valence-electron chi connectivity index (χ2n) is 5.47. The molecule has 1 aliphatic carbocycles. The first-order valence-electron chi connectivity index (χ1n) is 6.16. The second-order valence-corrected chi connectivity index (χ2v) is 5.47. The molecule has 4 atom stereocenters. The van der Waals surface area contributed by atoms with Gasteiger partial charge in [-0.3, -0.25) is 4.90 Å². The Balaban J connectivity index is 1.87. The van der Waals surface area contributed by atoms with Gasteiger partial charge >= 0.3 is 0 Å². The van der Waals surface area contributed by atoms with Gasteiger partial charge in [-0.05, 0) is 37.5 Å². The molecule has 2 rings (SSSR count). The Labute approximate surface area is 87.8 Å². The molecule has 2 aliphatic rings. The highest BCUT2D eigenvalue weighted by molar-refractivity contribution is 4.87. The Morgan fingerprint density at radius 1 is 1.07 bits per heavy atom. The third kappa shape index (κ3) is 2.12. The van der Waals surface area contributed by atoms with Crippen LogP contribution in [0.1, 0.15) is 39.5 Å².